The van der Waals surface area contributed by atoms with E-state index in [4.69, 9.17) is 4.74 Å². The second-order valence-corrected chi connectivity index (χ2v) is 4.72. The molecule has 1 aromatic heterocycles. The van der Waals surface area contributed by atoms with Crippen LogP contribution in [0.2, 0.25) is 0 Å². The van der Waals surface area contributed by atoms with Gasteiger partial charge in [0.15, 0.2) is 0 Å². The smallest absolute Gasteiger partial charge is 0.0725 e. The van der Waals surface area contributed by atoms with Crippen LogP contribution in [-0.2, 0) is 4.74 Å². The molecule has 0 radical (unpaired) electrons. The molecule has 2 aromatic rings. The van der Waals surface area contributed by atoms with Crippen molar-refractivity contribution < 1.29 is 4.74 Å². The van der Waals surface area contributed by atoms with E-state index in [1.54, 1.807) is 0 Å². The maximum atomic E-state index is 5.48. The molecule has 3 heteroatoms. The van der Waals surface area contributed by atoms with E-state index in [0.29, 0.717) is 0 Å². The number of fused-ring (bicyclic) bond motifs is 1. The van der Waals surface area contributed by atoms with Crippen molar-refractivity contribution in [2.75, 3.05) is 25.1 Å². The molecule has 2 rings (SSSR count). The number of hydrogen-bond donors (Lipinski definition) is 1. The Hall–Kier alpha value is -1.61. The van der Waals surface area contributed by atoms with Crippen LogP contribution in [0.1, 0.15) is 25.5 Å². The molecule has 0 atom stereocenters. The summed E-state index contributed by atoms with van der Waals surface area (Å²) in [6, 6.07) is 10.3. The van der Waals surface area contributed by atoms with Crippen molar-refractivity contribution in [1.82, 2.24) is 4.98 Å². The van der Waals surface area contributed by atoms with E-state index in [1.807, 2.05) is 13.0 Å². The summed E-state index contributed by atoms with van der Waals surface area (Å²) in [5.41, 5.74) is 3.26. The average molecular weight is 258 g/mol. The number of benzene rings is 1. The molecule has 19 heavy (non-hydrogen) atoms. The van der Waals surface area contributed by atoms with Crippen LogP contribution in [0, 0.1) is 6.92 Å². The summed E-state index contributed by atoms with van der Waals surface area (Å²) >= 11 is 0. The average Bonchev–Trinajstić information content (AvgIpc) is 2.42. The van der Waals surface area contributed by atoms with Crippen LogP contribution in [0.5, 0.6) is 0 Å². The van der Waals surface area contributed by atoms with Crippen molar-refractivity contribution in [3.63, 3.8) is 0 Å². The van der Waals surface area contributed by atoms with Crippen molar-refractivity contribution in [3.8, 4) is 0 Å². The first-order valence-corrected chi connectivity index (χ1v) is 6.99. The molecule has 1 N–H and O–H groups in total. The first-order valence-electron chi connectivity index (χ1n) is 6.99. The fraction of sp³-hybridized carbons (Fsp3) is 0.438. The Balaban J connectivity index is 1.96. The van der Waals surface area contributed by atoms with Crippen LogP contribution < -0.4 is 5.32 Å². The maximum absolute atomic E-state index is 5.48. The number of nitrogens with zero attached hydrogens (tertiary/aromatic N) is 1. The molecule has 0 saturated heterocycles. The minimum Gasteiger partial charge on any atom is -0.384 e. The Morgan fingerprint density at radius 3 is 2.89 bits per heavy atom. The summed E-state index contributed by atoms with van der Waals surface area (Å²) in [7, 11) is 0. The van der Waals surface area contributed by atoms with Gasteiger partial charge in [-0.1, -0.05) is 25.1 Å². The number of nitrogens with one attached hydrogen (secondary N) is 1. The summed E-state index contributed by atoms with van der Waals surface area (Å²) in [5, 5.41) is 4.67. The van der Waals surface area contributed by atoms with Gasteiger partial charge in [0.2, 0.25) is 0 Å². The Labute approximate surface area is 115 Å². The highest BCUT2D eigenvalue weighted by Crippen LogP contribution is 2.22. The molecule has 0 aliphatic carbocycles. The quantitative estimate of drug-likeness (QED) is 0.768. The summed E-state index contributed by atoms with van der Waals surface area (Å²) in [6.45, 7) is 6.77. The second-order valence-electron chi connectivity index (χ2n) is 4.72. The second kappa shape index (κ2) is 7.10. The molecule has 0 fully saturated rings. The van der Waals surface area contributed by atoms with Gasteiger partial charge in [0.1, 0.15) is 0 Å². The minimum atomic E-state index is 0.822. The third kappa shape index (κ3) is 3.93. The van der Waals surface area contributed by atoms with Crippen LogP contribution in [0.15, 0.2) is 30.3 Å². The number of ether oxygens (including phenoxy) is 1. The Morgan fingerprint density at radius 1 is 1.21 bits per heavy atom. The summed E-state index contributed by atoms with van der Waals surface area (Å²) in [6.07, 6.45) is 2.11. The lowest BCUT2D eigenvalue weighted by molar-refractivity contribution is 0.134. The maximum Gasteiger partial charge on any atom is 0.0725 e. The van der Waals surface area contributed by atoms with E-state index in [9.17, 15) is 0 Å². The molecule has 102 valence electrons. The molecule has 1 aromatic carbocycles. The van der Waals surface area contributed by atoms with Gasteiger partial charge >= 0.3 is 0 Å². The number of rotatable bonds is 7. The Bertz CT molecular complexity index is 525. The zero-order valence-corrected chi connectivity index (χ0v) is 11.8. The Morgan fingerprint density at radius 2 is 2.05 bits per heavy atom. The molecular formula is C16H22N2O. The molecule has 3 nitrogen and oxygen atoms in total. The zero-order valence-electron chi connectivity index (χ0n) is 11.8. The van der Waals surface area contributed by atoms with E-state index in [0.717, 1.165) is 43.8 Å². The molecule has 0 amide bonds. The monoisotopic (exact) mass is 258 g/mol. The third-order valence-electron chi connectivity index (χ3n) is 2.97. The lowest BCUT2D eigenvalue weighted by atomic mass is 10.1. The Kier molecular flexibility index (Phi) is 5.16. The first-order chi connectivity index (χ1) is 9.31. The molecule has 0 bridgehead atoms. The fourth-order valence-electron chi connectivity index (χ4n) is 2.10. The van der Waals surface area contributed by atoms with Gasteiger partial charge in [-0.3, -0.25) is 4.98 Å². The van der Waals surface area contributed by atoms with E-state index in [-0.39, 0.29) is 0 Å². The van der Waals surface area contributed by atoms with Gasteiger partial charge in [-0.2, -0.15) is 0 Å². The van der Waals surface area contributed by atoms with Crippen LogP contribution in [0.4, 0.5) is 5.69 Å². The van der Waals surface area contributed by atoms with Gasteiger partial charge in [0.25, 0.3) is 0 Å². The predicted octanol–water partition coefficient (Wildman–Crippen LogP) is 3.77. The van der Waals surface area contributed by atoms with Gasteiger partial charge in [0, 0.05) is 36.5 Å². The molecule has 0 unspecified atom stereocenters. The number of para-hydroxylation sites is 1. The minimum absolute atomic E-state index is 0.822. The van der Waals surface area contributed by atoms with Crippen molar-refractivity contribution in [1.29, 1.82) is 0 Å². The highest BCUT2D eigenvalue weighted by atomic mass is 16.5. The van der Waals surface area contributed by atoms with Crippen molar-refractivity contribution in [2.45, 2.75) is 26.7 Å². The number of anilines is 1. The van der Waals surface area contributed by atoms with Crippen molar-refractivity contribution >= 4 is 16.6 Å². The molecule has 1 heterocycles. The van der Waals surface area contributed by atoms with E-state index in [2.05, 4.69) is 41.5 Å². The largest absolute Gasteiger partial charge is 0.384 e. The van der Waals surface area contributed by atoms with Crippen LogP contribution in [0.25, 0.3) is 10.9 Å². The predicted molar refractivity (Wildman–Crippen MR) is 80.7 cm³/mol. The number of aromatic nitrogens is 1. The summed E-state index contributed by atoms with van der Waals surface area (Å²) in [4.78, 5) is 4.54. The standard InChI is InChI=1S/C16H22N2O/c1-3-10-19-11-6-9-17-16-12-13(2)18-15-8-5-4-7-14(15)16/h4-5,7-8,12H,3,6,9-11H2,1-2H3,(H,17,18). The van der Waals surface area contributed by atoms with Gasteiger partial charge in [-0.15, -0.1) is 0 Å². The number of pyridine rings is 1. The van der Waals surface area contributed by atoms with Gasteiger partial charge in [0.05, 0.1) is 5.52 Å². The molecule has 0 saturated carbocycles. The topological polar surface area (TPSA) is 34.1 Å². The summed E-state index contributed by atoms with van der Waals surface area (Å²) in [5.74, 6) is 0. The van der Waals surface area contributed by atoms with Gasteiger partial charge in [-0.05, 0) is 31.9 Å². The van der Waals surface area contributed by atoms with Gasteiger partial charge in [-0.25, -0.2) is 0 Å². The summed E-state index contributed by atoms with van der Waals surface area (Å²) < 4.78 is 5.48. The van der Waals surface area contributed by atoms with E-state index in [1.165, 1.54) is 11.1 Å². The fourth-order valence-corrected chi connectivity index (χ4v) is 2.10. The van der Waals surface area contributed by atoms with E-state index < -0.39 is 0 Å². The first kappa shape index (κ1) is 13.8. The van der Waals surface area contributed by atoms with Crippen LogP contribution >= 0.6 is 0 Å². The number of aryl methyl sites for hydroxylation is 1. The zero-order chi connectivity index (χ0) is 13.5. The van der Waals surface area contributed by atoms with Crippen LogP contribution in [0.3, 0.4) is 0 Å². The lowest BCUT2D eigenvalue weighted by Crippen LogP contribution is -2.07. The molecule has 0 spiro atoms. The van der Waals surface area contributed by atoms with Crippen molar-refractivity contribution in [2.24, 2.45) is 0 Å². The van der Waals surface area contributed by atoms with Crippen LogP contribution in [-0.4, -0.2) is 24.7 Å². The highest BCUT2D eigenvalue weighted by molar-refractivity contribution is 5.91. The third-order valence-corrected chi connectivity index (χ3v) is 2.97. The SMILES string of the molecule is CCCOCCCNc1cc(C)nc2ccccc12. The number of hydrogen-bond acceptors (Lipinski definition) is 3. The molecule has 0 aliphatic heterocycles. The molecule has 0 aliphatic rings. The normalized spacial score (nSPS) is 10.8. The van der Waals surface area contributed by atoms with Crippen molar-refractivity contribution in [3.05, 3.63) is 36.0 Å². The molecular weight excluding hydrogens is 236 g/mol. The lowest BCUT2D eigenvalue weighted by Gasteiger charge is -2.10. The van der Waals surface area contributed by atoms with Gasteiger partial charge < -0.3 is 10.1 Å². The highest BCUT2D eigenvalue weighted by Gasteiger charge is 2.02. The van der Waals surface area contributed by atoms with E-state index >= 15 is 0 Å².